The number of aryl methyl sites for hydroxylation is 1. The van der Waals surface area contributed by atoms with Gasteiger partial charge in [-0.1, -0.05) is 35.3 Å². The van der Waals surface area contributed by atoms with Gasteiger partial charge in [-0.3, -0.25) is 14.6 Å². The molecular formula is C27H35Cl2N5O4. The Morgan fingerprint density at radius 3 is 2.61 bits per heavy atom. The number of unbranched alkanes of at least 4 members (excludes halogenated alkanes) is 1. The largest absolute Gasteiger partial charge is 0.494 e. The van der Waals surface area contributed by atoms with Gasteiger partial charge < -0.3 is 14.4 Å². The molecule has 4 rings (SSSR count). The molecule has 1 fully saturated rings. The molecule has 2 heterocycles. The van der Waals surface area contributed by atoms with Gasteiger partial charge in [-0.25, -0.2) is 15.6 Å². The SMILES string of the molecule is CCN(N)C(=O)OCN1C(=O)CCc2ccc(OCCCCN3CCN(c4cccc(Cl)c4Cl)CC3)cc21. The number of carbonyl (C=O) groups excluding carboxylic acids is 2. The fourth-order valence-corrected chi connectivity index (χ4v) is 5.07. The summed E-state index contributed by atoms with van der Waals surface area (Å²) in [5, 5.41) is 2.17. The molecule has 0 bridgehead atoms. The van der Waals surface area contributed by atoms with Gasteiger partial charge in [0.1, 0.15) is 5.75 Å². The van der Waals surface area contributed by atoms with Gasteiger partial charge in [-0.2, -0.15) is 0 Å². The Morgan fingerprint density at radius 2 is 1.84 bits per heavy atom. The maximum atomic E-state index is 12.5. The summed E-state index contributed by atoms with van der Waals surface area (Å²) in [6, 6.07) is 11.5. The van der Waals surface area contributed by atoms with Crippen molar-refractivity contribution in [2.24, 2.45) is 5.84 Å². The van der Waals surface area contributed by atoms with Crippen molar-refractivity contribution in [2.45, 2.75) is 32.6 Å². The Labute approximate surface area is 233 Å². The highest BCUT2D eigenvalue weighted by Crippen LogP contribution is 2.33. The average molecular weight is 565 g/mol. The van der Waals surface area contributed by atoms with Crippen molar-refractivity contribution in [2.75, 3.05) is 62.4 Å². The zero-order chi connectivity index (χ0) is 27.1. The monoisotopic (exact) mass is 563 g/mol. The normalized spacial score (nSPS) is 15.8. The molecule has 2 aliphatic rings. The summed E-state index contributed by atoms with van der Waals surface area (Å²) < 4.78 is 11.2. The van der Waals surface area contributed by atoms with E-state index in [4.69, 9.17) is 38.5 Å². The van der Waals surface area contributed by atoms with Crippen molar-refractivity contribution >= 4 is 46.6 Å². The Morgan fingerprint density at radius 1 is 1.05 bits per heavy atom. The number of nitrogens with two attached hydrogens (primary N) is 1. The van der Waals surface area contributed by atoms with Crippen molar-refractivity contribution in [3.8, 4) is 5.75 Å². The topological polar surface area (TPSA) is 91.6 Å². The first kappa shape index (κ1) is 28.3. The minimum absolute atomic E-state index is 0.0970. The van der Waals surface area contributed by atoms with Gasteiger partial charge in [0.2, 0.25) is 5.91 Å². The van der Waals surface area contributed by atoms with Gasteiger partial charge in [0, 0.05) is 45.2 Å². The predicted octanol–water partition coefficient (Wildman–Crippen LogP) is 4.54. The molecule has 0 saturated carbocycles. The van der Waals surface area contributed by atoms with E-state index in [2.05, 4.69) is 9.80 Å². The quantitative estimate of drug-likeness (QED) is 0.196. The summed E-state index contributed by atoms with van der Waals surface area (Å²) >= 11 is 12.6. The summed E-state index contributed by atoms with van der Waals surface area (Å²) in [6.07, 6.45) is 2.28. The highest BCUT2D eigenvalue weighted by Gasteiger charge is 2.26. The summed E-state index contributed by atoms with van der Waals surface area (Å²) in [5.41, 5.74) is 2.73. The van der Waals surface area contributed by atoms with Crippen molar-refractivity contribution in [3.05, 3.63) is 52.0 Å². The van der Waals surface area contributed by atoms with Gasteiger partial charge in [0.15, 0.2) is 6.73 Å². The summed E-state index contributed by atoms with van der Waals surface area (Å²) in [7, 11) is 0. The third kappa shape index (κ3) is 7.02. The molecule has 2 N–H and O–H groups in total. The Kier molecular flexibility index (Phi) is 9.96. The second kappa shape index (κ2) is 13.4. The molecule has 9 nitrogen and oxygen atoms in total. The lowest BCUT2D eigenvalue weighted by atomic mass is 10.0. The lowest BCUT2D eigenvalue weighted by Gasteiger charge is -2.36. The molecule has 0 spiro atoms. The highest BCUT2D eigenvalue weighted by atomic mass is 35.5. The maximum Gasteiger partial charge on any atom is 0.425 e. The Hall–Kier alpha value is -2.72. The number of anilines is 2. The van der Waals surface area contributed by atoms with E-state index < -0.39 is 6.09 Å². The lowest BCUT2D eigenvalue weighted by Crippen LogP contribution is -2.46. The van der Waals surface area contributed by atoms with Gasteiger partial charge in [0.25, 0.3) is 0 Å². The fraction of sp³-hybridized carbons (Fsp3) is 0.481. The molecule has 0 unspecified atom stereocenters. The first-order valence-electron chi connectivity index (χ1n) is 13.0. The first-order chi connectivity index (χ1) is 18.4. The smallest absolute Gasteiger partial charge is 0.425 e. The zero-order valence-electron chi connectivity index (χ0n) is 21.7. The number of hydrogen-bond acceptors (Lipinski definition) is 7. The number of benzene rings is 2. The second-order valence-corrected chi connectivity index (χ2v) is 10.2. The molecule has 1 saturated heterocycles. The number of ether oxygens (including phenoxy) is 2. The van der Waals surface area contributed by atoms with Crippen LogP contribution in [0.25, 0.3) is 0 Å². The van der Waals surface area contributed by atoms with Crippen LogP contribution in [0.4, 0.5) is 16.2 Å². The number of halogens is 2. The third-order valence-corrected chi connectivity index (χ3v) is 7.74. The molecule has 2 aliphatic heterocycles. The maximum absolute atomic E-state index is 12.5. The number of hydrogen-bond donors (Lipinski definition) is 1. The standard InChI is InChI=1S/C27H35Cl2N5O4/c1-2-34(30)27(36)38-19-33-24-18-21(10-8-20(24)9-11-25(33)35)37-17-4-3-12-31-13-15-32(16-14-31)23-7-5-6-22(28)26(23)29/h5-8,10,18H,2-4,9,11-17,19,30H2,1H3. The molecule has 11 heteroatoms. The molecule has 38 heavy (non-hydrogen) atoms. The van der Waals surface area contributed by atoms with Gasteiger partial charge in [-0.15, -0.1) is 0 Å². The van der Waals surface area contributed by atoms with Crippen LogP contribution in [0.5, 0.6) is 5.75 Å². The second-order valence-electron chi connectivity index (χ2n) is 9.39. The highest BCUT2D eigenvalue weighted by molar-refractivity contribution is 6.43. The molecule has 0 atom stereocenters. The number of hydrazine groups is 1. The van der Waals surface area contributed by atoms with Crippen molar-refractivity contribution in [1.82, 2.24) is 9.91 Å². The number of rotatable bonds is 10. The minimum Gasteiger partial charge on any atom is -0.494 e. The van der Waals surface area contributed by atoms with E-state index in [1.807, 2.05) is 36.4 Å². The predicted molar refractivity (Wildman–Crippen MR) is 150 cm³/mol. The van der Waals surface area contributed by atoms with E-state index in [0.29, 0.717) is 47.5 Å². The molecular weight excluding hydrogens is 529 g/mol. The first-order valence-corrected chi connectivity index (χ1v) is 13.8. The van der Waals surface area contributed by atoms with Crippen molar-refractivity contribution < 1.29 is 19.1 Å². The molecule has 0 aromatic heterocycles. The van der Waals surface area contributed by atoms with Crippen LogP contribution < -0.4 is 20.4 Å². The molecule has 2 amide bonds. The van der Waals surface area contributed by atoms with Crippen LogP contribution in [-0.2, 0) is 16.0 Å². The van der Waals surface area contributed by atoms with E-state index in [1.165, 1.54) is 4.90 Å². The van der Waals surface area contributed by atoms with Crippen molar-refractivity contribution in [3.63, 3.8) is 0 Å². The van der Waals surface area contributed by atoms with Crippen LogP contribution in [0.2, 0.25) is 10.0 Å². The number of nitrogens with zero attached hydrogens (tertiary/aromatic N) is 4. The van der Waals surface area contributed by atoms with Gasteiger partial charge >= 0.3 is 6.09 Å². The van der Waals surface area contributed by atoms with E-state index in [1.54, 1.807) is 6.92 Å². The van der Waals surface area contributed by atoms with Crippen LogP contribution in [0.3, 0.4) is 0 Å². The molecule has 0 radical (unpaired) electrons. The lowest BCUT2D eigenvalue weighted by molar-refractivity contribution is -0.119. The molecule has 0 aliphatic carbocycles. The Bertz CT molecular complexity index is 1130. The van der Waals surface area contributed by atoms with Crippen LogP contribution >= 0.6 is 23.2 Å². The van der Waals surface area contributed by atoms with Crippen molar-refractivity contribution in [1.29, 1.82) is 0 Å². The van der Waals surface area contributed by atoms with Crippen LogP contribution in [-0.4, -0.2) is 74.5 Å². The van der Waals surface area contributed by atoms with Crippen LogP contribution in [0, 0.1) is 0 Å². The van der Waals surface area contributed by atoms with E-state index in [-0.39, 0.29) is 12.6 Å². The zero-order valence-corrected chi connectivity index (χ0v) is 23.2. The fourth-order valence-electron chi connectivity index (χ4n) is 4.66. The summed E-state index contributed by atoms with van der Waals surface area (Å²) in [6.45, 7) is 7.24. The summed E-state index contributed by atoms with van der Waals surface area (Å²) in [4.78, 5) is 30.7. The summed E-state index contributed by atoms with van der Waals surface area (Å²) in [5.74, 6) is 6.17. The minimum atomic E-state index is -0.672. The van der Waals surface area contributed by atoms with E-state index >= 15 is 0 Å². The number of amides is 2. The molecule has 206 valence electrons. The van der Waals surface area contributed by atoms with Gasteiger partial charge in [-0.05, 0) is 56.5 Å². The van der Waals surface area contributed by atoms with E-state index in [9.17, 15) is 9.59 Å². The van der Waals surface area contributed by atoms with Crippen LogP contribution in [0.1, 0.15) is 31.7 Å². The number of carbonyl (C=O) groups is 2. The number of fused-ring (bicyclic) bond motifs is 1. The van der Waals surface area contributed by atoms with Gasteiger partial charge in [0.05, 0.1) is 28.0 Å². The third-order valence-electron chi connectivity index (χ3n) is 6.93. The number of piperazine rings is 1. The molecule has 2 aromatic carbocycles. The van der Waals surface area contributed by atoms with E-state index in [0.717, 1.165) is 61.8 Å². The van der Waals surface area contributed by atoms with Crippen LogP contribution in [0.15, 0.2) is 36.4 Å². The molecule has 2 aromatic rings. The Balaban J connectivity index is 1.21. The average Bonchev–Trinajstić information content (AvgIpc) is 2.93.